The van der Waals surface area contributed by atoms with Gasteiger partial charge >= 0.3 is 0 Å². The normalized spacial score (nSPS) is 25.6. The zero-order valence-electron chi connectivity index (χ0n) is 14.1. The lowest BCUT2D eigenvalue weighted by Crippen LogP contribution is -2.94. The molecule has 1 heterocycles. The SMILES string of the molecule is C[NH2+]N1CCCCCCCN1C1CCCCCCCC1.[OH-]. The number of rotatable bonds is 2. The Morgan fingerprint density at radius 2 is 1.14 bits per heavy atom. The van der Waals surface area contributed by atoms with Crippen LogP contribution in [-0.2, 0) is 0 Å². The Kier molecular flexibility index (Phi) is 10.3. The van der Waals surface area contributed by atoms with Crippen molar-refractivity contribution in [2.75, 3.05) is 20.1 Å². The molecule has 126 valence electrons. The molecule has 1 aliphatic carbocycles. The quantitative estimate of drug-likeness (QED) is 0.798. The fraction of sp³-hybridized carbons (Fsp3) is 1.00. The Balaban J connectivity index is 0.00000220. The van der Waals surface area contributed by atoms with Crippen molar-refractivity contribution in [1.29, 1.82) is 0 Å². The molecule has 0 bridgehead atoms. The second-order valence-electron chi connectivity index (χ2n) is 6.70. The molecule has 2 fully saturated rings. The van der Waals surface area contributed by atoms with Gasteiger partial charge in [-0.05, 0) is 25.7 Å². The number of nitrogens with two attached hydrogens (primary N) is 1. The minimum atomic E-state index is 0. The van der Waals surface area contributed by atoms with E-state index in [9.17, 15) is 0 Å². The molecule has 0 spiro atoms. The molecule has 2 aliphatic rings. The summed E-state index contributed by atoms with van der Waals surface area (Å²) in [4.78, 5) is 0. The van der Waals surface area contributed by atoms with Gasteiger partial charge in [0.2, 0.25) is 0 Å². The van der Waals surface area contributed by atoms with Crippen LogP contribution in [-0.4, -0.2) is 41.8 Å². The summed E-state index contributed by atoms with van der Waals surface area (Å²) < 4.78 is 0. The number of hydrogen-bond donors (Lipinski definition) is 1. The van der Waals surface area contributed by atoms with Crippen molar-refractivity contribution >= 4 is 0 Å². The predicted octanol–water partition coefficient (Wildman–Crippen LogP) is 2.90. The summed E-state index contributed by atoms with van der Waals surface area (Å²) in [5.74, 6) is 0. The summed E-state index contributed by atoms with van der Waals surface area (Å²) in [5, 5.41) is 5.31. The molecule has 0 radical (unpaired) electrons. The molecule has 4 nitrogen and oxygen atoms in total. The molecule has 1 saturated heterocycles. The Hall–Kier alpha value is -0.160. The van der Waals surface area contributed by atoms with Gasteiger partial charge in [-0.15, -0.1) is 0 Å². The van der Waals surface area contributed by atoms with Gasteiger partial charge in [-0.1, -0.05) is 62.9 Å². The van der Waals surface area contributed by atoms with E-state index in [1.165, 1.54) is 96.6 Å². The van der Waals surface area contributed by atoms with Gasteiger partial charge in [-0.3, -0.25) is 5.43 Å². The monoisotopic (exact) mass is 299 g/mol. The summed E-state index contributed by atoms with van der Waals surface area (Å²) in [6.45, 7) is 2.53. The first-order chi connectivity index (χ1) is 9.92. The van der Waals surface area contributed by atoms with Crippen LogP contribution >= 0.6 is 0 Å². The Bertz CT molecular complexity index is 240. The highest BCUT2D eigenvalue weighted by Gasteiger charge is 2.26. The van der Waals surface area contributed by atoms with Gasteiger partial charge in [0, 0.05) is 12.6 Å². The topological polar surface area (TPSA) is 53.1 Å². The largest absolute Gasteiger partial charge is 0.870 e. The fourth-order valence-electron chi connectivity index (χ4n) is 3.91. The number of quaternary nitrogens is 1. The Labute approximate surface area is 131 Å². The van der Waals surface area contributed by atoms with Crippen molar-refractivity contribution in [2.24, 2.45) is 0 Å². The van der Waals surface area contributed by atoms with Gasteiger partial charge in [0.25, 0.3) is 0 Å². The van der Waals surface area contributed by atoms with Crippen molar-refractivity contribution in [3.05, 3.63) is 0 Å². The molecule has 0 atom stereocenters. The summed E-state index contributed by atoms with van der Waals surface area (Å²) in [7, 11) is 2.22. The van der Waals surface area contributed by atoms with E-state index in [1.807, 2.05) is 0 Å². The van der Waals surface area contributed by atoms with Crippen molar-refractivity contribution in [3.8, 4) is 0 Å². The number of hydrazine groups is 1. The molecule has 21 heavy (non-hydrogen) atoms. The molecule has 2 rings (SSSR count). The summed E-state index contributed by atoms with van der Waals surface area (Å²) in [6.07, 6.45) is 18.6. The average Bonchev–Trinajstić information content (AvgIpc) is 2.68. The second kappa shape index (κ2) is 11.4. The van der Waals surface area contributed by atoms with E-state index in [1.54, 1.807) is 0 Å². The highest BCUT2D eigenvalue weighted by Crippen LogP contribution is 2.23. The molecule has 0 unspecified atom stereocenters. The molecule has 0 amide bonds. The van der Waals surface area contributed by atoms with Crippen LogP contribution in [0.3, 0.4) is 0 Å². The maximum absolute atomic E-state index is 2.75. The summed E-state index contributed by atoms with van der Waals surface area (Å²) >= 11 is 0. The first kappa shape index (κ1) is 18.9. The standard InChI is InChI=1S/C17H35N3.H2O/c1-18-20-16-12-8-4-7-11-15-19(20)17-13-9-5-2-3-6-10-14-17;/h17-18H,2-16H2,1H3;1H2. The lowest BCUT2D eigenvalue weighted by atomic mass is 10.0. The number of hydrogen-bond acceptors (Lipinski definition) is 3. The molecular formula is C17H37N3O. The van der Waals surface area contributed by atoms with Gasteiger partial charge < -0.3 is 5.48 Å². The van der Waals surface area contributed by atoms with E-state index < -0.39 is 0 Å². The highest BCUT2D eigenvalue weighted by molar-refractivity contribution is 4.72. The summed E-state index contributed by atoms with van der Waals surface area (Å²) in [6, 6.07) is 0.808. The summed E-state index contributed by atoms with van der Waals surface area (Å²) in [5.41, 5.74) is 2.33. The predicted molar refractivity (Wildman–Crippen MR) is 87.0 cm³/mol. The molecule has 0 aromatic rings. The van der Waals surface area contributed by atoms with Crippen LogP contribution < -0.4 is 5.43 Å². The lowest BCUT2D eigenvalue weighted by Gasteiger charge is -2.37. The second-order valence-corrected chi connectivity index (χ2v) is 6.70. The van der Waals surface area contributed by atoms with E-state index in [-0.39, 0.29) is 5.48 Å². The van der Waals surface area contributed by atoms with Gasteiger partial charge in [-0.2, -0.15) is 5.01 Å². The van der Waals surface area contributed by atoms with Gasteiger partial charge in [0.05, 0.1) is 13.6 Å². The van der Waals surface area contributed by atoms with Crippen LogP contribution in [0.1, 0.15) is 83.5 Å². The van der Waals surface area contributed by atoms with Gasteiger partial charge in [0.1, 0.15) is 0 Å². The Morgan fingerprint density at radius 1 is 0.667 bits per heavy atom. The molecule has 3 N–H and O–H groups in total. The lowest BCUT2D eigenvalue weighted by molar-refractivity contribution is -0.819. The highest BCUT2D eigenvalue weighted by atomic mass is 16.0. The van der Waals surface area contributed by atoms with E-state index in [2.05, 4.69) is 22.6 Å². The van der Waals surface area contributed by atoms with Gasteiger partial charge in [-0.25, -0.2) is 0 Å². The maximum Gasteiger partial charge on any atom is 0.0838 e. The van der Waals surface area contributed by atoms with Crippen LogP contribution in [0.2, 0.25) is 0 Å². The van der Waals surface area contributed by atoms with Crippen LogP contribution in [0, 0.1) is 0 Å². The first-order valence-corrected chi connectivity index (χ1v) is 9.24. The number of nitrogens with zero attached hydrogens (tertiary/aromatic N) is 2. The minimum Gasteiger partial charge on any atom is -0.870 e. The minimum absolute atomic E-state index is 0. The van der Waals surface area contributed by atoms with Crippen LogP contribution in [0.4, 0.5) is 0 Å². The zero-order valence-corrected chi connectivity index (χ0v) is 14.1. The maximum atomic E-state index is 2.75. The first-order valence-electron chi connectivity index (χ1n) is 9.24. The molecule has 0 aromatic carbocycles. The average molecular weight is 300 g/mol. The third-order valence-corrected chi connectivity index (χ3v) is 5.15. The van der Waals surface area contributed by atoms with Crippen LogP contribution in [0.15, 0.2) is 0 Å². The molecular weight excluding hydrogens is 262 g/mol. The van der Waals surface area contributed by atoms with Crippen molar-refractivity contribution in [2.45, 2.75) is 89.5 Å². The van der Waals surface area contributed by atoms with Crippen LogP contribution in [0.25, 0.3) is 0 Å². The van der Waals surface area contributed by atoms with Crippen molar-refractivity contribution < 1.29 is 10.9 Å². The Morgan fingerprint density at radius 3 is 1.71 bits per heavy atom. The fourth-order valence-corrected chi connectivity index (χ4v) is 3.91. The van der Waals surface area contributed by atoms with E-state index >= 15 is 0 Å². The van der Waals surface area contributed by atoms with Crippen molar-refractivity contribution in [3.63, 3.8) is 0 Å². The van der Waals surface area contributed by atoms with E-state index in [0.29, 0.717) is 0 Å². The third-order valence-electron chi connectivity index (χ3n) is 5.15. The molecule has 4 heteroatoms. The molecule has 1 saturated carbocycles. The van der Waals surface area contributed by atoms with E-state index in [4.69, 9.17) is 0 Å². The van der Waals surface area contributed by atoms with Crippen molar-refractivity contribution in [1.82, 2.24) is 10.1 Å². The zero-order chi connectivity index (χ0) is 14.0. The molecule has 1 aliphatic heterocycles. The third kappa shape index (κ3) is 6.64. The van der Waals surface area contributed by atoms with E-state index in [0.717, 1.165) is 6.04 Å². The molecule has 0 aromatic heterocycles. The smallest absolute Gasteiger partial charge is 0.0838 e. The van der Waals surface area contributed by atoms with Crippen LogP contribution in [0.5, 0.6) is 0 Å². The van der Waals surface area contributed by atoms with Gasteiger partial charge in [0.15, 0.2) is 0 Å².